The normalized spacial score (nSPS) is 42.4. The summed E-state index contributed by atoms with van der Waals surface area (Å²) in [6.45, 7) is 7.30. The summed E-state index contributed by atoms with van der Waals surface area (Å²) >= 11 is 0. The number of carbonyl (C=O) groups excluding carboxylic acids is 2. The minimum Gasteiger partial charge on any atom is -0.431 e. The molecule has 0 radical (unpaired) electrons. The fourth-order valence-corrected chi connectivity index (χ4v) is 9.90. The molecule has 4 saturated carbocycles. The van der Waals surface area contributed by atoms with E-state index in [1.807, 2.05) is 11.0 Å². The number of amides is 3. The monoisotopic (exact) mass is 570 g/mol. The summed E-state index contributed by atoms with van der Waals surface area (Å²) in [6.07, 6.45) is 8.47. The summed E-state index contributed by atoms with van der Waals surface area (Å²) in [5.41, 5.74) is -1.72. The van der Waals surface area contributed by atoms with Gasteiger partial charge in [-0.25, -0.2) is 9.59 Å². The van der Waals surface area contributed by atoms with E-state index >= 15 is 0 Å². The van der Waals surface area contributed by atoms with Crippen LogP contribution in [0.1, 0.15) is 83.1 Å². The Morgan fingerprint density at radius 2 is 1.83 bits per heavy atom. The molecule has 0 spiro atoms. The predicted molar refractivity (Wildman–Crippen MR) is 152 cm³/mol. The molecule has 3 amide bonds. The number of aliphatic hydroxyl groups is 2. The maximum absolute atomic E-state index is 12.7. The van der Waals surface area contributed by atoms with Crippen molar-refractivity contribution >= 4 is 11.9 Å². The average Bonchev–Trinajstić information content (AvgIpc) is 3.21. The molecule has 1 saturated heterocycles. The summed E-state index contributed by atoms with van der Waals surface area (Å²) in [7, 11) is 0. The van der Waals surface area contributed by atoms with Crippen molar-refractivity contribution in [2.24, 2.45) is 22.7 Å². The third-order valence-electron chi connectivity index (χ3n) is 12.3. The third kappa shape index (κ3) is 4.70. The Bertz CT molecular complexity index is 1220. The van der Waals surface area contributed by atoms with E-state index in [1.54, 1.807) is 6.26 Å². The summed E-state index contributed by atoms with van der Waals surface area (Å²) in [5, 5.41) is 33.4. The number of urea groups is 1. The van der Waals surface area contributed by atoms with Crippen LogP contribution in [0.5, 0.6) is 0 Å². The summed E-state index contributed by atoms with van der Waals surface area (Å²) < 4.78 is 5.20. The van der Waals surface area contributed by atoms with E-state index < -0.39 is 11.2 Å². The topological polar surface area (TPSA) is 144 Å². The summed E-state index contributed by atoms with van der Waals surface area (Å²) in [6, 6.07) is 3.00. The van der Waals surface area contributed by atoms with Gasteiger partial charge in [-0.3, -0.25) is 9.69 Å². The molecule has 5 N–H and O–H groups in total. The zero-order chi connectivity index (χ0) is 29.0. The highest BCUT2D eigenvalue weighted by Gasteiger charge is 2.70. The number of fused-ring (bicyclic) bond motifs is 5. The van der Waals surface area contributed by atoms with E-state index in [2.05, 4.69) is 29.8 Å². The van der Waals surface area contributed by atoms with E-state index in [9.17, 15) is 24.6 Å². The number of rotatable bonds is 5. The van der Waals surface area contributed by atoms with Crippen LogP contribution in [0.4, 0.5) is 4.79 Å². The van der Waals surface area contributed by atoms with Gasteiger partial charge in [0.05, 0.1) is 24.0 Å². The first-order valence-electron chi connectivity index (χ1n) is 15.5. The number of hydrogen-bond acceptors (Lipinski definition) is 7. The fourth-order valence-electron chi connectivity index (χ4n) is 9.90. The Balaban J connectivity index is 1.09. The van der Waals surface area contributed by atoms with Gasteiger partial charge in [0.15, 0.2) is 0 Å². The van der Waals surface area contributed by atoms with Gasteiger partial charge in [0.25, 0.3) is 0 Å². The van der Waals surface area contributed by atoms with Crippen molar-refractivity contribution in [1.29, 1.82) is 0 Å². The minimum absolute atomic E-state index is 0.0161. The Hall–Kier alpha value is -2.43. The molecule has 10 nitrogen and oxygen atoms in total. The first kappa shape index (κ1) is 28.7. The summed E-state index contributed by atoms with van der Waals surface area (Å²) in [4.78, 5) is 37.9. The van der Waals surface area contributed by atoms with Crippen LogP contribution in [0.3, 0.4) is 0 Å². The molecule has 0 bridgehead atoms. The minimum atomic E-state index is -0.892. The first-order chi connectivity index (χ1) is 19.5. The van der Waals surface area contributed by atoms with Gasteiger partial charge in [0, 0.05) is 43.7 Å². The third-order valence-corrected chi connectivity index (χ3v) is 12.3. The van der Waals surface area contributed by atoms with Crippen molar-refractivity contribution in [3.63, 3.8) is 0 Å². The highest BCUT2D eigenvalue weighted by Crippen LogP contribution is 2.71. The molecule has 10 heteroatoms. The van der Waals surface area contributed by atoms with Crippen molar-refractivity contribution in [3.05, 3.63) is 34.4 Å². The molecule has 41 heavy (non-hydrogen) atoms. The standard InChI is InChI=1S/C31H46N4O6/c1-28-9-5-21(34-27(38)33-14-16-35-15-13-32-25(36)18-35)17-30(28,39)11-7-24-23(28)6-10-29(2)22(8-12-31(24,29)40)20-3-4-26(37)41-19-20/h3-4,19,21-24,39-40H,5-18H2,1-2H3,(H,32,36)(H2,33,34,38)/t21-,22+,23-,24+,28+,29+,30-,31-/m0/s1. The van der Waals surface area contributed by atoms with Gasteiger partial charge in [-0.05, 0) is 92.6 Å². The van der Waals surface area contributed by atoms with Gasteiger partial charge >= 0.3 is 11.7 Å². The van der Waals surface area contributed by atoms with Gasteiger partial charge < -0.3 is 30.6 Å². The largest absolute Gasteiger partial charge is 0.431 e. The zero-order valence-electron chi connectivity index (χ0n) is 24.4. The predicted octanol–water partition coefficient (Wildman–Crippen LogP) is 2.10. The molecule has 6 rings (SSSR count). The van der Waals surface area contributed by atoms with Crippen molar-refractivity contribution < 1.29 is 24.2 Å². The molecule has 0 aromatic carbocycles. The van der Waals surface area contributed by atoms with Crippen LogP contribution in [0.2, 0.25) is 0 Å². The van der Waals surface area contributed by atoms with E-state index in [4.69, 9.17) is 4.42 Å². The van der Waals surface area contributed by atoms with Crippen molar-refractivity contribution in [2.45, 2.75) is 94.8 Å². The molecule has 5 aliphatic rings. The lowest BCUT2D eigenvalue weighted by Crippen LogP contribution is -2.68. The van der Waals surface area contributed by atoms with Crippen LogP contribution in [0.15, 0.2) is 27.6 Å². The maximum atomic E-state index is 12.7. The molecule has 1 aliphatic heterocycles. The maximum Gasteiger partial charge on any atom is 0.335 e. The molecule has 1 aromatic heterocycles. The molecular formula is C31H46N4O6. The molecule has 1 aromatic rings. The smallest absolute Gasteiger partial charge is 0.335 e. The summed E-state index contributed by atoms with van der Waals surface area (Å²) in [5.74, 6) is 0.472. The number of carbonyl (C=O) groups is 2. The SMILES string of the molecule is C[C@]12CC[C@H](NC(=O)NCCN3CCNC(=O)C3)C[C@@]1(O)CC[C@@H]1[C@@H]2CC[C@]2(C)[C@@H](c3ccc(=O)oc3)CC[C@]12O. The van der Waals surface area contributed by atoms with Crippen LogP contribution in [-0.2, 0) is 4.79 Å². The van der Waals surface area contributed by atoms with E-state index in [0.717, 1.165) is 57.1 Å². The second-order valence-corrected chi connectivity index (χ2v) is 14.0. The Labute approximate surface area is 241 Å². The lowest BCUT2D eigenvalue weighted by molar-refractivity contribution is -0.247. The van der Waals surface area contributed by atoms with Gasteiger partial charge in [-0.1, -0.05) is 13.8 Å². The van der Waals surface area contributed by atoms with Crippen LogP contribution >= 0.6 is 0 Å². The number of nitrogens with zero attached hydrogens (tertiary/aromatic N) is 1. The van der Waals surface area contributed by atoms with E-state index in [-0.39, 0.29) is 52.2 Å². The van der Waals surface area contributed by atoms with Gasteiger partial charge in [0.1, 0.15) is 0 Å². The molecule has 2 heterocycles. The lowest BCUT2D eigenvalue weighted by atomic mass is 9.42. The number of nitrogens with one attached hydrogen (secondary N) is 3. The second-order valence-electron chi connectivity index (χ2n) is 14.0. The quantitative estimate of drug-likeness (QED) is 0.365. The molecule has 5 fully saturated rings. The molecule has 226 valence electrons. The van der Waals surface area contributed by atoms with Crippen LogP contribution in [-0.4, -0.2) is 77.0 Å². The molecule has 4 aliphatic carbocycles. The first-order valence-corrected chi connectivity index (χ1v) is 15.5. The van der Waals surface area contributed by atoms with Crippen LogP contribution in [0.25, 0.3) is 0 Å². The fraction of sp³-hybridized carbons (Fsp3) is 0.774. The Morgan fingerprint density at radius 3 is 2.59 bits per heavy atom. The van der Waals surface area contributed by atoms with Crippen LogP contribution < -0.4 is 21.6 Å². The van der Waals surface area contributed by atoms with Gasteiger partial charge in [0.2, 0.25) is 5.91 Å². The van der Waals surface area contributed by atoms with Gasteiger partial charge in [-0.15, -0.1) is 0 Å². The molecule has 0 unspecified atom stereocenters. The average molecular weight is 571 g/mol. The Kier molecular flexibility index (Phi) is 7.26. The van der Waals surface area contributed by atoms with E-state index in [0.29, 0.717) is 39.0 Å². The Morgan fingerprint density at radius 1 is 1.05 bits per heavy atom. The molecular weight excluding hydrogens is 524 g/mol. The van der Waals surface area contributed by atoms with Crippen LogP contribution in [0, 0.1) is 22.7 Å². The second kappa shape index (κ2) is 10.4. The molecule has 8 atom stereocenters. The van der Waals surface area contributed by atoms with Crippen molar-refractivity contribution in [2.75, 3.05) is 32.7 Å². The van der Waals surface area contributed by atoms with Crippen molar-refractivity contribution in [1.82, 2.24) is 20.9 Å². The van der Waals surface area contributed by atoms with E-state index in [1.165, 1.54) is 6.07 Å². The highest BCUT2D eigenvalue weighted by atomic mass is 16.4. The zero-order valence-corrected chi connectivity index (χ0v) is 24.4. The number of piperazine rings is 1. The lowest BCUT2D eigenvalue weighted by Gasteiger charge is -2.66. The van der Waals surface area contributed by atoms with Gasteiger partial charge in [-0.2, -0.15) is 0 Å². The number of hydrogen-bond donors (Lipinski definition) is 5. The highest BCUT2D eigenvalue weighted by molar-refractivity contribution is 5.78. The van der Waals surface area contributed by atoms with Crippen molar-refractivity contribution in [3.8, 4) is 0 Å².